The van der Waals surface area contributed by atoms with Gasteiger partial charge in [0, 0.05) is 36.7 Å². The van der Waals surface area contributed by atoms with Gasteiger partial charge >= 0.3 is 11.9 Å². The number of carbonyl (C=O) groups excluding carboxylic acids is 6. The van der Waals surface area contributed by atoms with E-state index in [9.17, 15) is 28.8 Å². The first-order valence-corrected chi connectivity index (χ1v) is 20.3. The summed E-state index contributed by atoms with van der Waals surface area (Å²) < 4.78 is 10.3. The second-order valence-corrected chi connectivity index (χ2v) is 15.7. The van der Waals surface area contributed by atoms with E-state index >= 15 is 0 Å². The van der Waals surface area contributed by atoms with E-state index in [2.05, 4.69) is 48.7 Å². The van der Waals surface area contributed by atoms with E-state index in [0.29, 0.717) is 24.8 Å². The van der Waals surface area contributed by atoms with Crippen molar-refractivity contribution in [1.29, 1.82) is 0 Å². The van der Waals surface area contributed by atoms with Gasteiger partial charge in [-0.3, -0.25) is 24.0 Å². The second-order valence-electron chi connectivity index (χ2n) is 15.7. The van der Waals surface area contributed by atoms with E-state index in [1.807, 2.05) is 19.1 Å². The summed E-state index contributed by atoms with van der Waals surface area (Å²) in [6, 6.07) is 13.9. The molecule has 4 atom stereocenters. The Balaban J connectivity index is 2.24. The molecule has 10 nitrogen and oxygen atoms in total. The van der Waals surface area contributed by atoms with Crippen LogP contribution >= 0.6 is 0 Å². The lowest BCUT2D eigenvalue weighted by Gasteiger charge is -2.24. The van der Waals surface area contributed by atoms with Crippen LogP contribution in [0, 0.1) is 11.8 Å². The van der Waals surface area contributed by atoms with Crippen molar-refractivity contribution < 1.29 is 38.2 Å². The average molecular weight is 763 g/mol. The molecule has 2 N–H and O–H groups in total. The zero-order valence-electron chi connectivity index (χ0n) is 34.6. The number of hydrogen-bond donors (Lipinski definition) is 2. The molecule has 0 aromatic heterocycles. The Labute approximate surface area is 329 Å². The zero-order chi connectivity index (χ0) is 41.0. The number of nitrogens with one attached hydrogen (secondary N) is 2. The fourth-order valence-corrected chi connectivity index (χ4v) is 6.31. The third-order valence-corrected chi connectivity index (χ3v) is 9.64. The molecule has 0 spiro atoms. The highest BCUT2D eigenvalue weighted by Gasteiger charge is 2.31. The predicted molar refractivity (Wildman–Crippen MR) is 216 cm³/mol. The molecular formula is C45H66N2O8. The lowest BCUT2D eigenvalue weighted by molar-refractivity contribution is -0.155. The Morgan fingerprint density at radius 2 is 1.25 bits per heavy atom. The number of benzene rings is 2. The lowest BCUT2D eigenvalue weighted by atomic mass is 9.90. The minimum atomic E-state index is -1.09. The number of ether oxygens (including phenoxy) is 2. The van der Waals surface area contributed by atoms with Crippen LogP contribution in [0.3, 0.4) is 0 Å². The monoisotopic (exact) mass is 762 g/mol. The molecule has 0 aliphatic carbocycles. The number of aryl methyl sites for hydroxylation is 1. The number of Topliss-reactive ketones (excluding diaryl/α,β-unsaturated/α-hetero) is 2. The van der Waals surface area contributed by atoms with Gasteiger partial charge in [-0.2, -0.15) is 0 Å². The van der Waals surface area contributed by atoms with Crippen LogP contribution < -0.4 is 10.6 Å². The van der Waals surface area contributed by atoms with Crippen LogP contribution in [0.5, 0.6) is 0 Å². The second kappa shape index (κ2) is 24.2. The van der Waals surface area contributed by atoms with Crippen molar-refractivity contribution in [3.8, 4) is 11.1 Å². The van der Waals surface area contributed by atoms with Gasteiger partial charge < -0.3 is 20.1 Å². The molecule has 304 valence electrons. The van der Waals surface area contributed by atoms with Gasteiger partial charge in [0.05, 0.1) is 13.2 Å². The van der Waals surface area contributed by atoms with Gasteiger partial charge in [-0.15, -0.1) is 0 Å². The molecule has 2 aromatic carbocycles. The number of amides is 2. The van der Waals surface area contributed by atoms with Crippen LogP contribution in [0.15, 0.2) is 48.5 Å². The van der Waals surface area contributed by atoms with E-state index in [0.717, 1.165) is 56.1 Å². The summed E-state index contributed by atoms with van der Waals surface area (Å²) in [5.74, 6) is -4.16. The van der Waals surface area contributed by atoms with E-state index in [4.69, 9.17) is 9.47 Å². The van der Waals surface area contributed by atoms with Gasteiger partial charge in [0.2, 0.25) is 11.8 Å². The third-order valence-electron chi connectivity index (χ3n) is 9.64. The third kappa shape index (κ3) is 17.3. The molecule has 0 saturated heterocycles. The van der Waals surface area contributed by atoms with Crippen LogP contribution in [0.4, 0.5) is 0 Å². The maximum absolute atomic E-state index is 13.9. The molecule has 0 saturated carbocycles. The largest absolute Gasteiger partial charge is 0.467 e. The standard InChI is InChI=1S/C45H66N2O8/c1-9-12-15-17-36(30-39(48)35-25-23-34(24-26-35)33-21-19-32(20-22-33)16-13-10-2)43(52)46-37(27-28-41(50)55-45(5,6)7)40(49)29-31(4)42(51)47-38(18-14-11-3)44(53)54-8/h19-26,31,36-38H,9-18,27-30H2,1-8H3,(H,46,52)(H,47,51)/t31-,36-,37+,38+/m1/s1. The van der Waals surface area contributed by atoms with Gasteiger partial charge in [-0.1, -0.05) is 115 Å². The van der Waals surface area contributed by atoms with Crippen LogP contribution in [-0.2, 0) is 39.9 Å². The SMILES string of the molecule is CCCCC[C@H](CC(=O)c1ccc(-c2ccc(CCCC)cc2)cc1)C(=O)N[C@@H](CCC(=O)OC(C)(C)C)C(=O)C[C@@H](C)C(=O)N[C@@H](CCCC)C(=O)OC. The Kier molecular flexibility index (Phi) is 20.6. The molecule has 0 radical (unpaired) electrons. The fourth-order valence-electron chi connectivity index (χ4n) is 6.31. The topological polar surface area (TPSA) is 145 Å². The summed E-state index contributed by atoms with van der Waals surface area (Å²) in [7, 11) is 1.26. The highest BCUT2D eigenvalue weighted by atomic mass is 16.6. The highest BCUT2D eigenvalue weighted by Crippen LogP contribution is 2.24. The van der Waals surface area contributed by atoms with E-state index in [1.165, 1.54) is 12.7 Å². The molecule has 2 aromatic rings. The van der Waals surface area contributed by atoms with Gasteiger partial charge in [-0.05, 0) is 69.6 Å². The Bertz CT molecular complexity index is 1530. The maximum atomic E-state index is 13.9. The van der Waals surface area contributed by atoms with E-state index in [-0.39, 0.29) is 31.5 Å². The van der Waals surface area contributed by atoms with Crippen LogP contribution in [-0.4, -0.2) is 60.1 Å². The first-order chi connectivity index (χ1) is 26.1. The molecule has 0 heterocycles. The van der Waals surface area contributed by atoms with Crippen molar-refractivity contribution in [2.24, 2.45) is 11.8 Å². The minimum absolute atomic E-state index is 0.0359. The van der Waals surface area contributed by atoms with Gasteiger partial charge in [0.1, 0.15) is 11.6 Å². The molecule has 0 aliphatic rings. The van der Waals surface area contributed by atoms with Gasteiger partial charge in [-0.25, -0.2) is 4.79 Å². The molecule has 55 heavy (non-hydrogen) atoms. The number of hydrogen-bond acceptors (Lipinski definition) is 8. The number of carbonyl (C=O) groups is 6. The Hall–Kier alpha value is -4.34. The van der Waals surface area contributed by atoms with Crippen molar-refractivity contribution in [3.05, 3.63) is 59.7 Å². The maximum Gasteiger partial charge on any atom is 0.328 e. The molecule has 0 aliphatic heterocycles. The smallest absolute Gasteiger partial charge is 0.328 e. The first-order valence-electron chi connectivity index (χ1n) is 20.3. The number of methoxy groups -OCH3 is 1. The molecule has 2 amide bonds. The lowest BCUT2D eigenvalue weighted by Crippen LogP contribution is -2.47. The van der Waals surface area contributed by atoms with Gasteiger partial charge in [0.25, 0.3) is 0 Å². The Morgan fingerprint density at radius 3 is 1.82 bits per heavy atom. The summed E-state index contributed by atoms with van der Waals surface area (Å²) in [4.78, 5) is 79.4. The quantitative estimate of drug-likeness (QED) is 0.0582. The van der Waals surface area contributed by atoms with Crippen LogP contribution in [0.1, 0.15) is 148 Å². The van der Waals surface area contributed by atoms with Crippen molar-refractivity contribution >= 4 is 35.3 Å². The van der Waals surface area contributed by atoms with Gasteiger partial charge in [0.15, 0.2) is 11.6 Å². The highest BCUT2D eigenvalue weighted by molar-refractivity contribution is 6.00. The fraction of sp³-hybridized carbons (Fsp3) is 0.600. The first kappa shape index (κ1) is 46.8. The minimum Gasteiger partial charge on any atom is -0.467 e. The van der Waals surface area contributed by atoms with Crippen molar-refractivity contribution in [3.63, 3.8) is 0 Å². The predicted octanol–water partition coefficient (Wildman–Crippen LogP) is 8.52. The average Bonchev–Trinajstić information content (AvgIpc) is 3.15. The van der Waals surface area contributed by atoms with Crippen molar-refractivity contribution in [2.75, 3.05) is 7.11 Å². The summed E-state index contributed by atoms with van der Waals surface area (Å²) in [5, 5.41) is 5.56. The van der Waals surface area contributed by atoms with Crippen molar-refractivity contribution in [2.45, 2.75) is 156 Å². The zero-order valence-corrected chi connectivity index (χ0v) is 34.6. The normalized spacial score (nSPS) is 13.5. The summed E-state index contributed by atoms with van der Waals surface area (Å²) >= 11 is 0. The molecule has 10 heteroatoms. The number of ketones is 2. The summed E-state index contributed by atoms with van der Waals surface area (Å²) in [6.07, 6.45) is 7.79. The molecule has 0 fully saturated rings. The molecule has 0 unspecified atom stereocenters. The molecule has 0 bridgehead atoms. The Morgan fingerprint density at radius 1 is 0.673 bits per heavy atom. The number of esters is 2. The van der Waals surface area contributed by atoms with Crippen LogP contribution in [0.2, 0.25) is 0 Å². The molecular weight excluding hydrogens is 697 g/mol. The van der Waals surface area contributed by atoms with E-state index in [1.54, 1.807) is 39.8 Å². The number of rotatable bonds is 25. The molecule has 2 rings (SSSR count). The van der Waals surface area contributed by atoms with Crippen molar-refractivity contribution in [1.82, 2.24) is 10.6 Å². The number of unbranched alkanes of at least 4 members (excludes halogenated alkanes) is 4. The van der Waals surface area contributed by atoms with Crippen LogP contribution in [0.25, 0.3) is 11.1 Å². The summed E-state index contributed by atoms with van der Waals surface area (Å²) in [5.41, 5.74) is 3.11. The summed E-state index contributed by atoms with van der Waals surface area (Å²) in [6.45, 7) is 13.0. The van der Waals surface area contributed by atoms with E-state index < -0.39 is 59.1 Å².